The van der Waals surface area contributed by atoms with E-state index < -0.39 is 0 Å². The van der Waals surface area contributed by atoms with Crippen LogP contribution in [-0.4, -0.2) is 4.98 Å². The lowest BCUT2D eigenvalue weighted by molar-refractivity contribution is 0.310. The Morgan fingerprint density at radius 2 is 2.21 bits per heavy atom. The third-order valence-corrected chi connectivity index (χ3v) is 2.76. The average molecular weight is 226 g/mol. The second-order valence-corrected chi connectivity index (χ2v) is 4.06. The summed E-state index contributed by atoms with van der Waals surface area (Å²) in [5.74, 6) is 0.711. The largest absolute Gasteiger partial charge is 0.486 e. The molecule has 0 aliphatic carbocycles. The molecule has 0 saturated carbocycles. The summed E-state index contributed by atoms with van der Waals surface area (Å²) in [5, 5.41) is 0.636. The molecule has 14 heavy (non-hydrogen) atoms. The second-order valence-electron chi connectivity index (χ2n) is 2.69. The quantitative estimate of drug-likeness (QED) is 0.799. The van der Waals surface area contributed by atoms with Crippen LogP contribution in [-0.2, 0) is 6.61 Å². The molecule has 0 aliphatic heterocycles. The topological polar surface area (TPSA) is 22.1 Å². The fourth-order valence-electron chi connectivity index (χ4n) is 1.02. The molecule has 0 amide bonds. The van der Waals surface area contributed by atoms with Gasteiger partial charge in [0.15, 0.2) is 0 Å². The van der Waals surface area contributed by atoms with Gasteiger partial charge in [0.2, 0.25) is 0 Å². The van der Waals surface area contributed by atoms with E-state index in [0.717, 1.165) is 4.88 Å². The van der Waals surface area contributed by atoms with Gasteiger partial charge in [-0.2, -0.15) is 0 Å². The van der Waals surface area contributed by atoms with E-state index in [9.17, 15) is 0 Å². The van der Waals surface area contributed by atoms with Crippen LogP contribution in [0, 0.1) is 0 Å². The number of benzene rings is 1. The number of hydrogen-bond donors (Lipinski definition) is 0. The maximum atomic E-state index is 5.93. The maximum Gasteiger partial charge on any atom is 0.138 e. The van der Waals surface area contributed by atoms with Gasteiger partial charge in [-0.05, 0) is 12.1 Å². The highest BCUT2D eigenvalue weighted by Gasteiger charge is 2.00. The van der Waals surface area contributed by atoms with E-state index in [-0.39, 0.29) is 0 Å². The molecule has 1 heterocycles. The molecule has 4 heteroatoms. The van der Waals surface area contributed by atoms with Gasteiger partial charge in [0.1, 0.15) is 12.4 Å². The molecule has 0 radical (unpaired) electrons. The summed E-state index contributed by atoms with van der Waals surface area (Å²) < 4.78 is 5.52. The minimum Gasteiger partial charge on any atom is -0.486 e. The van der Waals surface area contributed by atoms with Crippen molar-refractivity contribution in [3.63, 3.8) is 0 Å². The van der Waals surface area contributed by atoms with E-state index in [1.165, 1.54) is 0 Å². The van der Waals surface area contributed by atoms with Crippen LogP contribution in [0.3, 0.4) is 0 Å². The van der Waals surface area contributed by atoms with Crippen molar-refractivity contribution in [1.82, 2.24) is 4.98 Å². The molecule has 0 bridgehead atoms. The highest BCUT2D eigenvalue weighted by Crippen LogP contribution is 2.24. The number of aromatic nitrogens is 1. The molecule has 0 spiro atoms. The van der Waals surface area contributed by atoms with Crippen LogP contribution in [0.2, 0.25) is 5.02 Å². The first-order valence-electron chi connectivity index (χ1n) is 4.11. The summed E-state index contributed by atoms with van der Waals surface area (Å²) in [6, 6.07) is 7.43. The van der Waals surface area contributed by atoms with E-state index in [1.807, 2.05) is 24.3 Å². The molecule has 0 N–H and O–H groups in total. The monoisotopic (exact) mass is 225 g/mol. The SMILES string of the molecule is Clc1ccccc1OCc1cncs1. The molecule has 2 nitrogen and oxygen atoms in total. The number of ether oxygens (including phenoxy) is 1. The van der Waals surface area contributed by atoms with Crippen molar-refractivity contribution in [2.45, 2.75) is 6.61 Å². The van der Waals surface area contributed by atoms with Gasteiger partial charge in [0, 0.05) is 6.20 Å². The Hall–Kier alpha value is -1.06. The van der Waals surface area contributed by atoms with Gasteiger partial charge < -0.3 is 4.74 Å². The van der Waals surface area contributed by atoms with E-state index in [2.05, 4.69) is 4.98 Å². The van der Waals surface area contributed by atoms with Crippen molar-refractivity contribution in [3.05, 3.63) is 45.9 Å². The number of nitrogens with zero attached hydrogens (tertiary/aromatic N) is 1. The summed E-state index contributed by atoms with van der Waals surface area (Å²) in [7, 11) is 0. The number of para-hydroxylation sites is 1. The predicted octanol–water partition coefficient (Wildman–Crippen LogP) is 3.38. The normalized spacial score (nSPS) is 10.1. The highest BCUT2D eigenvalue weighted by atomic mass is 35.5. The molecular formula is C10H8ClNOS. The molecule has 1 aromatic carbocycles. The van der Waals surface area contributed by atoms with Crippen LogP contribution in [0.4, 0.5) is 0 Å². The zero-order valence-corrected chi connectivity index (χ0v) is 8.89. The van der Waals surface area contributed by atoms with Crippen LogP contribution in [0.15, 0.2) is 36.0 Å². The van der Waals surface area contributed by atoms with Crippen LogP contribution >= 0.6 is 22.9 Å². The van der Waals surface area contributed by atoms with Crippen molar-refractivity contribution in [2.24, 2.45) is 0 Å². The first-order valence-corrected chi connectivity index (χ1v) is 5.37. The molecule has 0 aliphatic rings. The van der Waals surface area contributed by atoms with Gasteiger partial charge in [-0.1, -0.05) is 23.7 Å². The van der Waals surface area contributed by atoms with Crippen molar-refractivity contribution in [1.29, 1.82) is 0 Å². The summed E-state index contributed by atoms with van der Waals surface area (Å²) in [6.07, 6.45) is 1.79. The Bertz CT molecular complexity index is 402. The standard InChI is InChI=1S/C10H8ClNOS/c11-9-3-1-2-4-10(9)13-6-8-5-12-7-14-8/h1-5,7H,6H2. The molecule has 2 rings (SSSR count). The number of thiazole rings is 1. The van der Waals surface area contributed by atoms with E-state index in [0.29, 0.717) is 17.4 Å². The minimum absolute atomic E-state index is 0.522. The van der Waals surface area contributed by atoms with Crippen LogP contribution in [0.25, 0.3) is 0 Å². The van der Waals surface area contributed by atoms with Gasteiger partial charge in [-0.15, -0.1) is 11.3 Å². The number of hydrogen-bond acceptors (Lipinski definition) is 3. The molecule has 0 unspecified atom stereocenters. The van der Waals surface area contributed by atoms with Gasteiger partial charge in [0.05, 0.1) is 15.4 Å². The third-order valence-electron chi connectivity index (χ3n) is 1.69. The zero-order chi connectivity index (χ0) is 9.80. The second kappa shape index (κ2) is 4.44. The zero-order valence-electron chi connectivity index (χ0n) is 7.31. The summed E-state index contributed by atoms with van der Waals surface area (Å²) in [6.45, 7) is 0.522. The lowest BCUT2D eigenvalue weighted by Crippen LogP contribution is -1.92. The molecule has 1 aromatic heterocycles. The minimum atomic E-state index is 0.522. The number of rotatable bonds is 3. The maximum absolute atomic E-state index is 5.93. The molecular weight excluding hydrogens is 218 g/mol. The van der Waals surface area contributed by atoms with Gasteiger partial charge in [-0.3, -0.25) is 4.98 Å². The Morgan fingerprint density at radius 3 is 2.93 bits per heavy atom. The van der Waals surface area contributed by atoms with Crippen molar-refractivity contribution in [2.75, 3.05) is 0 Å². The van der Waals surface area contributed by atoms with Crippen LogP contribution in [0.5, 0.6) is 5.75 Å². The Kier molecular flexibility index (Phi) is 3.01. The van der Waals surface area contributed by atoms with Crippen molar-refractivity contribution >= 4 is 22.9 Å². The Morgan fingerprint density at radius 1 is 1.36 bits per heavy atom. The first kappa shape index (κ1) is 9.49. The first-order chi connectivity index (χ1) is 6.86. The average Bonchev–Trinajstić information content (AvgIpc) is 2.69. The van der Waals surface area contributed by atoms with Crippen molar-refractivity contribution < 1.29 is 4.74 Å². The van der Waals surface area contributed by atoms with Crippen molar-refractivity contribution in [3.8, 4) is 5.75 Å². The number of halogens is 1. The fourth-order valence-corrected chi connectivity index (χ4v) is 1.72. The fraction of sp³-hybridized carbons (Fsp3) is 0.100. The molecule has 72 valence electrons. The van der Waals surface area contributed by atoms with E-state index >= 15 is 0 Å². The molecule has 0 atom stereocenters. The molecule has 2 aromatic rings. The van der Waals surface area contributed by atoms with Gasteiger partial charge in [0.25, 0.3) is 0 Å². The Balaban J connectivity index is 2.02. The lowest BCUT2D eigenvalue weighted by Gasteiger charge is -2.05. The van der Waals surface area contributed by atoms with E-state index in [4.69, 9.17) is 16.3 Å². The molecule has 0 fully saturated rings. The summed E-state index contributed by atoms with van der Waals surface area (Å²) in [4.78, 5) is 5.05. The summed E-state index contributed by atoms with van der Waals surface area (Å²) in [5.41, 5.74) is 1.78. The predicted molar refractivity (Wildman–Crippen MR) is 57.9 cm³/mol. The van der Waals surface area contributed by atoms with Crippen LogP contribution < -0.4 is 4.74 Å². The highest BCUT2D eigenvalue weighted by molar-refractivity contribution is 7.09. The van der Waals surface area contributed by atoms with Gasteiger partial charge >= 0.3 is 0 Å². The lowest BCUT2D eigenvalue weighted by atomic mass is 10.3. The smallest absolute Gasteiger partial charge is 0.138 e. The molecule has 0 saturated heterocycles. The Labute approximate surface area is 91.1 Å². The van der Waals surface area contributed by atoms with Gasteiger partial charge in [-0.25, -0.2) is 0 Å². The third kappa shape index (κ3) is 2.25. The van der Waals surface area contributed by atoms with Crippen LogP contribution in [0.1, 0.15) is 4.88 Å². The van der Waals surface area contributed by atoms with E-state index in [1.54, 1.807) is 23.0 Å². The summed E-state index contributed by atoms with van der Waals surface area (Å²) >= 11 is 7.50.